The predicted molar refractivity (Wildman–Crippen MR) is 207 cm³/mol. The lowest BCUT2D eigenvalue weighted by Gasteiger charge is -2.36. The molecule has 1 spiro atoms. The second-order valence-electron chi connectivity index (χ2n) is 18.0. The fourth-order valence-electron chi connectivity index (χ4n) is 9.74. The van der Waals surface area contributed by atoms with Crippen molar-refractivity contribution in [2.45, 2.75) is 137 Å². The van der Waals surface area contributed by atoms with E-state index >= 15 is 0 Å². The van der Waals surface area contributed by atoms with Crippen LogP contribution in [-0.4, -0.2) is 94.8 Å². The van der Waals surface area contributed by atoms with Gasteiger partial charge < -0.3 is 29.7 Å². The van der Waals surface area contributed by atoms with Gasteiger partial charge in [-0.25, -0.2) is 32.0 Å². The average Bonchev–Trinajstić information content (AvgIpc) is 4.16. The maximum Gasteiger partial charge on any atom is 0.408 e. The summed E-state index contributed by atoms with van der Waals surface area (Å²) in [4.78, 5) is 66.9. The Bertz CT molecular complexity index is 2230. The zero-order chi connectivity index (χ0) is 41.5. The van der Waals surface area contributed by atoms with Crippen molar-refractivity contribution in [1.82, 2.24) is 30.2 Å². The number of ether oxygens (including phenoxy) is 3. The lowest BCUT2D eigenvalue weighted by molar-refractivity contribution is -0.141. The van der Waals surface area contributed by atoms with Crippen molar-refractivity contribution >= 4 is 44.9 Å². The third-order valence-electron chi connectivity index (χ3n) is 13.8. The Morgan fingerprint density at radius 1 is 1.05 bits per heavy atom. The van der Waals surface area contributed by atoms with Crippen LogP contribution in [0.5, 0.6) is 11.6 Å². The fraction of sp³-hybridized carbons (Fsp3) is 0.659. The first-order valence-corrected chi connectivity index (χ1v) is 22.3. The topological polar surface area (TPSA) is 195 Å². The third kappa shape index (κ3) is 7.36. The zero-order valence-electron chi connectivity index (χ0n) is 33.1. The number of hydrogen-bond acceptors (Lipinski definition) is 11. The molecule has 318 valence electrons. The summed E-state index contributed by atoms with van der Waals surface area (Å²) in [5.41, 5.74) is -2.60. The van der Waals surface area contributed by atoms with E-state index in [0.717, 1.165) is 25.7 Å². The molecule has 15 nitrogen and oxygen atoms in total. The first kappa shape index (κ1) is 39.8. The van der Waals surface area contributed by atoms with E-state index in [0.29, 0.717) is 55.0 Å². The van der Waals surface area contributed by atoms with Crippen molar-refractivity contribution in [3.8, 4) is 11.6 Å². The number of allylic oxidation sites excluding steroid dienone is 1. The van der Waals surface area contributed by atoms with E-state index in [2.05, 4.69) is 25.3 Å². The number of alkyl carbamates (subject to hydrolysis) is 1. The van der Waals surface area contributed by atoms with Crippen LogP contribution in [0.2, 0.25) is 0 Å². The summed E-state index contributed by atoms with van der Waals surface area (Å²) in [5, 5.41) is 5.65. The van der Waals surface area contributed by atoms with Crippen molar-refractivity contribution < 1.29 is 50.6 Å². The second-order valence-corrected chi connectivity index (χ2v) is 20.2. The van der Waals surface area contributed by atoms with Gasteiger partial charge in [0.15, 0.2) is 5.75 Å². The summed E-state index contributed by atoms with van der Waals surface area (Å²) in [7, 11) is -2.62. The summed E-state index contributed by atoms with van der Waals surface area (Å²) >= 11 is 0. The zero-order valence-corrected chi connectivity index (χ0v) is 34.0. The van der Waals surface area contributed by atoms with Gasteiger partial charge in [-0.3, -0.25) is 19.1 Å². The van der Waals surface area contributed by atoms with E-state index in [1.165, 1.54) is 18.1 Å². The number of carbonyl (C=O) groups is 4. The van der Waals surface area contributed by atoms with Gasteiger partial charge in [-0.05, 0) is 95.5 Å². The number of carbonyl (C=O) groups excluding carboxylic acids is 4. The summed E-state index contributed by atoms with van der Waals surface area (Å²) in [6.45, 7) is 1.36. The Hall–Kier alpha value is -4.61. The molecule has 5 fully saturated rings. The lowest BCUT2D eigenvalue weighted by Crippen LogP contribution is -2.58. The molecule has 1 saturated heterocycles. The summed E-state index contributed by atoms with van der Waals surface area (Å²) in [5.74, 6) is -1.48. The summed E-state index contributed by atoms with van der Waals surface area (Å²) in [6, 6.07) is 0.698. The molecule has 2 aromatic rings. The quantitative estimate of drug-likeness (QED) is 0.332. The van der Waals surface area contributed by atoms with Gasteiger partial charge in [0.05, 0.1) is 29.4 Å². The second kappa shape index (κ2) is 14.5. The minimum Gasteiger partial charge on any atom is -0.483 e. The predicted octanol–water partition coefficient (Wildman–Crippen LogP) is 4.53. The molecule has 2 aromatic heterocycles. The molecule has 3 N–H and O–H groups in total. The smallest absolute Gasteiger partial charge is 0.408 e. The highest BCUT2D eigenvalue weighted by Crippen LogP contribution is 2.53. The molecule has 0 radical (unpaired) electrons. The number of alkyl halides is 2. The number of rotatable bonds is 7. The first-order valence-electron chi connectivity index (χ1n) is 20.8. The molecule has 59 heavy (non-hydrogen) atoms. The van der Waals surface area contributed by atoms with Gasteiger partial charge >= 0.3 is 6.09 Å². The van der Waals surface area contributed by atoms with E-state index in [1.807, 2.05) is 12.2 Å². The van der Waals surface area contributed by atoms with Crippen LogP contribution >= 0.6 is 0 Å². The molecular weight excluding hydrogens is 791 g/mol. The van der Waals surface area contributed by atoms with Gasteiger partial charge in [0.1, 0.15) is 35.0 Å². The molecule has 3 aliphatic heterocycles. The fourth-order valence-corrected chi connectivity index (χ4v) is 11.1. The summed E-state index contributed by atoms with van der Waals surface area (Å²) < 4.78 is 74.7. The molecule has 4 aliphatic carbocycles. The normalized spacial score (nSPS) is 33.9. The number of sulfonamides is 1. The van der Waals surface area contributed by atoms with Crippen molar-refractivity contribution in [1.29, 1.82) is 0 Å². The minimum absolute atomic E-state index is 0.134. The van der Waals surface area contributed by atoms with Crippen LogP contribution in [0.4, 0.5) is 13.6 Å². The highest BCUT2D eigenvalue weighted by atomic mass is 32.2. The van der Waals surface area contributed by atoms with Gasteiger partial charge in [-0.1, -0.05) is 25.0 Å². The van der Waals surface area contributed by atoms with Crippen molar-refractivity contribution in [2.75, 3.05) is 13.7 Å². The van der Waals surface area contributed by atoms with Crippen LogP contribution in [0.25, 0.3) is 11.0 Å². The van der Waals surface area contributed by atoms with Crippen LogP contribution in [0.3, 0.4) is 0 Å². The Balaban J connectivity index is 1.05. The Kier molecular flexibility index (Phi) is 9.82. The lowest BCUT2D eigenvalue weighted by atomic mass is 9.88. The highest BCUT2D eigenvalue weighted by molar-refractivity contribution is 7.91. The maximum atomic E-state index is 14.8. The van der Waals surface area contributed by atoms with Gasteiger partial charge in [0.2, 0.25) is 27.7 Å². The number of amides is 4. The van der Waals surface area contributed by atoms with Crippen molar-refractivity contribution in [2.24, 2.45) is 17.8 Å². The van der Waals surface area contributed by atoms with Crippen LogP contribution in [0.1, 0.15) is 108 Å². The van der Waals surface area contributed by atoms with Crippen LogP contribution < -0.4 is 24.8 Å². The SMILES string of the molecule is COc1ccc2nc(C(F)F)c3c(c2n1)CC[C@]1(C[C@H]2C(=O)N[C@]4(C(=O)NS(=O)(=O)C5(C)CC5)C[C@H]4/C=C\CCCCC[C@H](NC(=O)OC4C[C@@H]5C[C@@H]5C4)C(=O)N2C1)O3. The number of nitrogens with one attached hydrogen (secondary N) is 3. The number of aromatic nitrogens is 2. The molecule has 9 rings (SSSR count). The summed E-state index contributed by atoms with van der Waals surface area (Å²) in [6.07, 6.45) is 6.55. The van der Waals surface area contributed by atoms with Gasteiger partial charge in [0, 0.05) is 24.0 Å². The standard InChI is InChI=1S/C41H50F2N6O9S/c1-39(14-15-39)59(54,55)48-37(52)41-19-24(41)8-6-4-3-5-7-9-28(45-38(53)57-25-17-22-16-23(22)18-25)36(51)49-21-40(20-29(49)35(50)47-41)13-12-26-31-27(10-11-30(46-31)56-2)44-32(34(42)43)33(26)58-40/h6,8,10-11,22-25,28-29,34H,3-5,7,9,12-21H2,1-2H3,(H,45,53)(H,47,50)(H,48,52)/b8-6-/t22-,23+,24-,25?,28+,29+,40-,41-/m1/s1. The van der Waals surface area contributed by atoms with Crippen LogP contribution in [0, 0.1) is 17.8 Å². The van der Waals surface area contributed by atoms with Crippen LogP contribution in [-0.2, 0) is 35.6 Å². The third-order valence-corrected chi connectivity index (χ3v) is 16.0. The molecule has 5 heterocycles. The average molecular weight is 841 g/mol. The van der Waals surface area contributed by atoms with Crippen molar-refractivity contribution in [3.05, 3.63) is 35.5 Å². The van der Waals surface area contributed by atoms with E-state index in [9.17, 15) is 36.4 Å². The van der Waals surface area contributed by atoms with Gasteiger partial charge in [-0.15, -0.1) is 0 Å². The number of aryl methyl sites for hydroxylation is 1. The molecule has 8 atom stereocenters. The minimum atomic E-state index is -4.06. The Labute approximate surface area is 340 Å². The largest absolute Gasteiger partial charge is 0.483 e. The molecule has 7 aliphatic rings. The van der Waals surface area contributed by atoms with Gasteiger partial charge in [-0.2, -0.15) is 0 Å². The maximum absolute atomic E-state index is 14.8. The number of fused-ring (bicyclic) bond motifs is 6. The highest BCUT2D eigenvalue weighted by Gasteiger charge is 2.64. The number of hydrogen-bond donors (Lipinski definition) is 3. The van der Waals surface area contributed by atoms with Gasteiger partial charge in [0.25, 0.3) is 12.3 Å². The van der Waals surface area contributed by atoms with E-state index in [1.54, 1.807) is 13.0 Å². The molecule has 1 unspecified atom stereocenters. The molecule has 18 heteroatoms. The first-order chi connectivity index (χ1) is 28.1. The van der Waals surface area contributed by atoms with Crippen LogP contribution in [0.15, 0.2) is 24.3 Å². The molecular formula is C41H50F2N6O9S. The monoisotopic (exact) mass is 840 g/mol. The Morgan fingerprint density at radius 2 is 1.83 bits per heavy atom. The molecule has 4 saturated carbocycles. The number of methoxy groups -OCH3 is 1. The molecule has 0 aromatic carbocycles. The number of nitrogens with zero attached hydrogens (tertiary/aromatic N) is 3. The van der Waals surface area contributed by atoms with E-state index < -0.39 is 79.8 Å². The Morgan fingerprint density at radius 3 is 2.56 bits per heavy atom. The molecule has 4 amide bonds. The number of pyridine rings is 2. The van der Waals surface area contributed by atoms with Crippen molar-refractivity contribution in [3.63, 3.8) is 0 Å². The van der Waals surface area contributed by atoms with E-state index in [4.69, 9.17) is 14.2 Å². The van der Waals surface area contributed by atoms with E-state index in [-0.39, 0.29) is 61.9 Å². The molecule has 0 bridgehead atoms. The number of halogens is 2.